The lowest BCUT2D eigenvalue weighted by atomic mass is 10.1. The maximum absolute atomic E-state index is 9.36. The highest BCUT2D eigenvalue weighted by Gasteiger charge is 2.08. The standard InChI is InChI=1S/C16H9BrN2S/c17-13-7-5-11(6-8-13)9-12(10-18)16-19-14-3-1-2-4-15(14)20-16/h1-9H. The average Bonchev–Trinajstić information content (AvgIpc) is 2.90. The molecule has 3 rings (SSSR count). The van der Waals surface area contributed by atoms with Crippen LogP contribution in [0, 0.1) is 11.3 Å². The number of thiazole rings is 1. The fraction of sp³-hybridized carbons (Fsp3) is 0. The molecular formula is C16H9BrN2S. The fourth-order valence-electron chi connectivity index (χ4n) is 1.85. The minimum absolute atomic E-state index is 0.591. The number of rotatable bonds is 2. The summed E-state index contributed by atoms with van der Waals surface area (Å²) in [5.74, 6) is 0. The van der Waals surface area contributed by atoms with Gasteiger partial charge in [0.1, 0.15) is 11.1 Å². The first-order chi connectivity index (χ1) is 9.76. The maximum atomic E-state index is 9.36. The first-order valence-corrected chi connectivity index (χ1v) is 7.60. The molecule has 0 aliphatic rings. The second kappa shape index (κ2) is 5.58. The first kappa shape index (κ1) is 13.0. The van der Waals surface area contributed by atoms with Crippen LogP contribution >= 0.6 is 27.3 Å². The summed E-state index contributed by atoms with van der Waals surface area (Å²) in [7, 11) is 0. The lowest BCUT2D eigenvalue weighted by molar-refractivity contribution is 1.43. The van der Waals surface area contributed by atoms with Crippen LogP contribution in [0.25, 0.3) is 21.9 Å². The van der Waals surface area contributed by atoms with Crippen LogP contribution in [0.2, 0.25) is 0 Å². The van der Waals surface area contributed by atoms with E-state index in [1.807, 2.05) is 54.6 Å². The zero-order valence-electron chi connectivity index (χ0n) is 10.4. The second-order valence-corrected chi connectivity index (χ2v) is 6.15. The number of nitrogens with zero attached hydrogens (tertiary/aromatic N) is 2. The fourth-order valence-corrected chi connectivity index (χ4v) is 3.05. The van der Waals surface area contributed by atoms with Gasteiger partial charge in [0, 0.05) is 4.47 Å². The molecule has 0 unspecified atom stereocenters. The number of hydrogen-bond donors (Lipinski definition) is 0. The topological polar surface area (TPSA) is 36.7 Å². The maximum Gasteiger partial charge on any atom is 0.135 e. The van der Waals surface area contributed by atoms with Gasteiger partial charge in [-0.25, -0.2) is 4.98 Å². The molecule has 4 heteroatoms. The van der Waals surface area contributed by atoms with Crippen LogP contribution in [0.1, 0.15) is 10.6 Å². The number of benzene rings is 2. The van der Waals surface area contributed by atoms with Gasteiger partial charge in [-0.2, -0.15) is 5.26 Å². The lowest BCUT2D eigenvalue weighted by Crippen LogP contribution is -1.80. The molecule has 0 saturated heterocycles. The van der Waals surface area contributed by atoms with Crippen molar-refractivity contribution in [3.63, 3.8) is 0 Å². The van der Waals surface area contributed by atoms with Gasteiger partial charge in [-0.3, -0.25) is 0 Å². The van der Waals surface area contributed by atoms with Gasteiger partial charge < -0.3 is 0 Å². The Bertz CT molecular complexity index is 793. The van der Waals surface area contributed by atoms with Gasteiger partial charge in [-0.15, -0.1) is 11.3 Å². The monoisotopic (exact) mass is 340 g/mol. The molecule has 0 amide bonds. The zero-order chi connectivity index (χ0) is 13.9. The summed E-state index contributed by atoms with van der Waals surface area (Å²) in [6.07, 6.45) is 1.87. The van der Waals surface area contributed by atoms with Gasteiger partial charge in [0.25, 0.3) is 0 Å². The Morgan fingerprint density at radius 1 is 1.15 bits per heavy atom. The Morgan fingerprint density at radius 2 is 1.90 bits per heavy atom. The Hall–Kier alpha value is -1.96. The molecule has 0 saturated carbocycles. The van der Waals surface area contributed by atoms with Gasteiger partial charge in [0.05, 0.1) is 15.8 Å². The molecule has 0 atom stereocenters. The quantitative estimate of drug-likeness (QED) is 0.607. The number of hydrogen-bond acceptors (Lipinski definition) is 3. The lowest BCUT2D eigenvalue weighted by Gasteiger charge is -1.95. The molecule has 20 heavy (non-hydrogen) atoms. The van der Waals surface area contributed by atoms with Crippen LogP contribution in [-0.4, -0.2) is 4.98 Å². The highest BCUT2D eigenvalue weighted by Crippen LogP contribution is 2.28. The summed E-state index contributed by atoms with van der Waals surface area (Å²) in [6, 6.07) is 18.0. The molecule has 0 N–H and O–H groups in total. The van der Waals surface area contributed by atoms with Gasteiger partial charge in [-0.05, 0) is 35.9 Å². The SMILES string of the molecule is N#CC(=Cc1ccc(Br)cc1)c1nc2ccccc2s1. The summed E-state index contributed by atoms with van der Waals surface area (Å²) in [4.78, 5) is 4.52. The molecule has 96 valence electrons. The molecule has 3 aromatic rings. The van der Waals surface area contributed by atoms with Crippen LogP contribution in [-0.2, 0) is 0 Å². The predicted molar refractivity (Wildman–Crippen MR) is 87.2 cm³/mol. The number of nitriles is 1. The number of allylic oxidation sites excluding steroid dienone is 1. The van der Waals surface area contributed by atoms with Gasteiger partial charge in [-0.1, -0.05) is 40.2 Å². The normalized spacial score (nSPS) is 11.5. The van der Waals surface area contributed by atoms with E-state index < -0.39 is 0 Å². The van der Waals surface area contributed by atoms with Crippen LogP contribution in [0.3, 0.4) is 0 Å². The Balaban J connectivity index is 2.05. The summed E-state index contributed by atoms with van der Waals surface area (Å²) >= 11 is 4.94. The number of fused-ring (bicyclic) bond motifs is 1. The minimum Gasteiger partial charge on any atom is -0.235 e. The van der Waals surface area contributed by atoms with Crippen LogP contribution in [0.4, 0.5) is 0 Å². The van der Waals surface area contributed by atoms with Crippen molar-refractivity contribution < 1.29 is 0 Å². The molecule has 0 aliphatic carbocycles. The molecule has 2 nitrogen and oxygen atoms in total. The Labute approximate surface area is 129 Å². The van der Waals surface area contributed by atoms with Crippen molar-refractivity contribution in [2.45, 2.75) is 0 Å². The van der Waals surface area contributed by atoms with E-state index in [1.54, 1.807) is 11.3 Å². The zero-order valence-corrected chi connectivity index (χ0v) is 12.8. The van der Waals surface area contributed by atoms with Crippen LogP contribution < -0.4 is 0 Å². The van der Waals surface area contributed by atoms with Crippen molar-refractivity contribution in [1.29, 1.82) is 5.26 Å². The third-order valence-electron chi connectivity index (χ3n) is 2.83. The summed E-state index contributed by atoms with van der Waals surface area (Å²) in [5, 5.41) is 10.1. The molecular weight excluding hydrogens is 332 g/mol. The van der Waals surface area contributed by atoms with Gasteiger partial charge in [0.2, 0.25) is 0 Å². The smallest absolute Gasteiger partial charge is 0.135 e. The van der Waals surface area contributed by atoms with E-state index in [2.05, 4.69) is 27.0 Å². The van der Waals surface area contributed by atoms with Crippen molar-refractivity contribution in [3.8, 4) is 6.07 Å². The number of para-hydroxylation sites is 1. The van der Waals surface area contributed by atoms with Crippen LogP contribution in [0.5, 0.6) is 0 Å². The molecule has 0 fully saturated rings. The van der Waals surface area contributed by atoms with E-state index in [4.69, 9.17) is 0 Å². The first-order valence-electron chi connectivity index (χ1n) is 5.99. The highest BCUT2D eigenvalue weighted by molar-refractivity contribution is 9.10. The van der Waals surface area contributed by atoms with Gasteiger partial charge >= 0.3 is 0 Å². The van der Waals surface area contributed by atoms with E-state index >= 15 is 0 Å². The Kier molecular flexibility index (Phi) is 3.64. The second-order valence-electron chi connectivity index (χ2n) is 4.21. The largest absolute Gasteiger partial charge is 0.235 e. The van der Waals surface area contributed by atoms with E-state index in [1.165, 1.54) is 0 Å². The third-order valence-corrected chi connectivity index (χ3v) is 4.42. The minimum atomic E-state index is 0.591. The molecule has 1 heterocycles. The van der Waals surface area contributed by atoms with E-state index in [9.17, 15) is 5.26 Å². The molecule has 0 spiro atoms. The summed E-state index contributed by atoms with van der Waals surface area (Å²) in [5.41, 5.74) is 2.52. The van der Waals surface area contributed by atoms with E-state index in [0.29, 0.717) is 5.57 Å². The number of aromatic nitrogens is 1. The molecule has 2 aromatic carbocycles. The number of halogens is 1. The third kappa shape index (κ3) is 2.64. The Morgan fingerprint density at radius 3 is 2.60 bits per heavy atom. The molecule has 0 bridgehead atoms. The van der Waals surface area contributed by atoms with E-state index in [0.717, 1.165) is 25.3 Å². The highest BCUT2D eigenvalue weighted by atomic mass is 79.9. The molecule has 0 aliphatic heterocycles. The van der Waals surface area contributed by atoms with Gasteiger partial charge in [0.15, 0.2) is 0 Å². The van der Waals surface area contributed by atoms with Crippen molar-refractivity contribution in [1.82, 2.24) is 4.98 Å². The van der Waals surface area contributed by atoms with Crippen molar-refractivity contribution >= 4 is 49.1 Å². The predicted octanol–water partition coefficient (Wildman–Crippen LogP) is 5.12. The van der Waals surface area contributed by atoms with Crippen molar-refractivity contribution in [2.75, 3.05) is 0 Å². The summed E-state index contributed by atoms with van der Waals surface area (Å²) in [6.45, 7) is 0. The average molecular weight is 341 g/mol. The van der Waals surface area contributed by atoms with E-state index in [-0.39, 0.29) is 0 Å². The molecule has 1 aromatic heterocycles. The van der Waals surface area contributed by atoms with Crippen molar-refractivity contribution in [2.24, 2.45) is 0 Å². The van der Waals surface area contributed by atoms with Crippen LogP contribution in [0.15, 0.2) is 53.0 Å². The molecule has 0 radical (unpaired) electrons. The van der Waals surface area contributed by atoms with Crippen molar-refractivity contribution in [3.05, 3.63) is 63.6 Å². The summed E-state index contributed by atoms with van der Waals surface area (Å²) < 4.78 is 2.12.